The van der Waals surface area contributed by atoms with Crippen molar-refractivity contribution in [2.45, 2.75) is 13.0 Å². The van der Waals surface area contributed by atoms with Crippen molar-refractivity contribution < 1.29 is 19.1 Å². The molecular weight excluding hydrogens is 495 g/mol. The fourth-order valence-electron chi connectivity index (χ4n) is 2.98. The zero-order chi connectivity index (χ0) is 24.1. The second kappa shape index (κ2) is 10.7. The van der Waals surface area contributed by atoms with Crippen LogP contribution in [0.1, 0.15) is 22.2 Å². The van der Waals surface area contributed by atoms with E-state index in [-0.39, 0.29) is 0 Å². The van der Waals surface area contributed by atoms with E-state index in [2.05, 4.69) is 10.5 Å². The summed E-state index contributed by atoms with van der Waals surface area (Å²) >= 11 is 13.5. The summed E-state index contributed by atoms with van der Waals surface area (Å²) < 4.78 is 11.9. The number of nitrogens with zero attached hydrogens (tertiary/aromatic N) is 1. The lowest BCUT2D eigenvalue weighted by molar-refractivity contribution is -0.127. The van der Waals surface area contributed by atoms with Crippen LogP contribution < -0.4 is 14.9 Å². The second-order valence-electron chi connectivity index (χ2n) is 7.15. The van der Waals surface area contributed by atoms with Crippen LogP contribution in [0.3, 0.4) is 0 Å². The van der Waals surface area contributed by atoms with Crippen molar-refractivity contribution in [3.8, 4) is 11.5 Å². The Balaban J connectivity index is 1.32. The molecule has 1 unspecified atom stereocenters. The Bertz CT molecular complexity index is 1370. The van der Waals surface area contributed by atoms with Crippen molar-refractivity contribution in [3.05, 3.63) is 93.3 Å². The molecule has 0 saturated heterocycles. The molecule has 0 radical (unpaired) electrons. The highest BCUT2D eigenvalue weighted by Gasteiger charge is 2.19. The van der Waals surface area contributed by atoms with Crippen LogP contribution in [0.4, 0.5) is 0 Å². The lowest BCUT2D eigenvalue weighted by Gasteiger charge is -2.12. The van der Waals surface area contributed by atoms with Gasteiger partial charge in [0.1, 0.15) is 16.4 Å². The van der Waals surface area contributed by atoms with Crippen molar-refractivity contribution in [2.24, 2.45) is 5.10 Å². The van der Waals surface area contributed by atoms with E-state index in [1.54, 1.807) is 55.5 Å². The summed E-state index contributed by atoms with van der Waals surface area (Å²) in [6.45, 7) is 1.61. The van der Waals surface area contributed by atoms with Crippen LogP contribution in [0.25, 0.3) is 10.1 Å². The molecule has 6 nitrogen and oxygen atoms in total. The number of nitrogens with one attached hydrogen (secondary N) is 1. The molecule has 4 rings (SSSR count). The van der Waals surface area contributed by atoms with Crippen LogP contribution >= 0.6 is 34.5 Å². The first-order chi connectivity index (χ1) is 16.4. The normalized spacial score (nSPS) is 12.0. The molecule has 0 bridgehead atoms. The summed E-state index contributed by atoms with van der Waals surface area (Å²) in [5.74, 6) is -0.0833. The largest absolute Gasteiger partial charge is 0.481 e. The van der Waals surface area contributed by atoms with Crippen molar-refractivity contribution in [1.29, 1.82) is 0 Å². The van der Waals surface area contributed by atoms with Crippen LogP contribution in [-0.4, -0.2) is 24.2 Å². The van der Waals surface area contributed by atoms with Gasteiger partial charge in [-0.15, -0.1) is 11.3 Å². The molecule has 1 N–H and O–H groups in total. The summed E-state index contributed by atoms with van der Waals surface area (Å²) in [5.41, 5.74) is 3.12. The Hall–Kier alpha value is -3.39. The van der Waals surface area contributed by atoms with Gasteiger partial charge in [-0.1, -0.05) is 47.5 Å². The van der Waals surface area contributed by atoms with E-state index in [9.17, 15) is 9.59 Å². The number of carbonyl (C=O) groups is 2. The molecule has 34 heavy (non-hydrogen) atoms. The van der Waals surface area contributed by atoms with Gasteiger partial charge in [0.2, 0.25) is 0 Å². The lowest BCUT2D eigenvalue weighted by Crippen LogP contribution is -2.33. The van der Waals surface area contributed by atoms with E-state index in [4.69, 9.17) is 32.7 Å². The zero-order valence-corrected chi connectivity index (χ0v) is 20.2. The number of hydrogen-bond donors (Lipinski definition) is 1. The fourth-order valence-corrected chi connectivity index (χ4v) is 4.55. The number of halogens is 2. The van der Waals surface area contributed by atoms with E-state index < -0.39 is 18.0 Å². The molecule has 4 aromatic rings. The molecule has 1 aromatic heterocycles. The third-order valence-corrected chi connectivity index (χ3v) is 6.57. The number of hydrazone groups is 1. The highest BCUT2D eigenvalue weighted by atomic mass is 35.5. The molecule has 0 spiro atoms. The summed E-state index contributed by atoms with van der Waals surface area (Å²) in [6, 6.07) is 21.0. The topological polar surface area (TPSA) is 77.0 Å². The molecule has 9 heteroatoms. The quantitative estimate of drug-likeness (QED) is 0.135. The molecule has 0 fully saturated rings. The van der Waals surface area contributed by atoms with Gasteiger partial charge in [0.15, 0.2) is 6.10 Å². The van der Waals surface area contributed by atoms with E-state index in [1.807, 2.05) is 24.3 Å². The van der Waals surface area contributed by atoms with Gasteiger partial charge in [-0.05, 0) is 61.0 Å². The molecule has 1 atom stereocenters. The maximum absolute atomic E-state index is 12.6. The predicted octanol–water partition coefficient (Wildman–Crippen LogP) is 6.34. The van der Waals surface area contributed by atoms with Crippen LogP contribution in [0.15, 0.2) is 77.9 Å². The molecule has 1 heterocycles. The van der Waals surface area contributed by atoms with Crippen molar-refractivity contribution in [2.75, 3.05) is 0 Å². The van der Waals surface area contributed by atoms with E-state index in [0.29, 0.717) is 32.0 Å². The third kappa shape index (κ3) is 5.75. The Kier molecular flexibility index (Phi) is 7.47. The molecule has 172 valence electrons. The maximum Gasteiger partial charge on any atom is 0.355 e. The first-order valence-corrected chi connectivity index (χ1v) is 11.7. The van der Waals surface area contributed by atoms with Gasteiger partial charge in [-0.2, -0.15) is 5.10 Å². The first kappa shape index (κ1) is 23.8. The number of hydrogen-bond acceptors (Lipinski definition) is 6. The van der Waals surface area contributed by atoms with Crippen LogP contribution in [0.5, 0.6) is 11.5 Å². The Morgan fingerprint density at radius 1 is 1.00 bits per heavy atom. The Morgan fingerprint density at radius 3 is 2.50 bits per heavy atom. The average Bonchev–Trinajstić information content (AvgIpc) is 3.17. The lowest BCUT2D eigenvalue weighted by atomic mass is 10.2. The minimum Gasteiger partial charge on any atom is -0.481 e. The molecule has 0 aliphatic heterocycles. The number of benzene rings is 3. The van der Waals surface area contributed by atoms with Crippen molar-refractivity contribution >= 4 is 62.7 Å². The number of fused-ring (bicyclic) bond motifs is 1. The smallest absolute Gasteiger partial charge is 0.355 e. The maximum atomic E-state index is 12.6. The van der Waals surface area contributed by atoms with E-state index >= 15 is 0 Å². The molecule has 1 amide bonds. The Labute approximate surface area is 209 Å². The molecule has 0 aliphatic rings. The van der Waals surface area contributed by atoms with Crippen molar-refractivity contribution in [1.82, 2.24) is 5.43 Å². The molecular formula is C25H18Cl2N2O4S. The molecule has 0 aliphatic carbocycles. The number of ether oxygens (including phenoxy) is 2. The number of amides is 1. The highest BCUT2D eigenvalue weighted by molar-refractivity contribution is 7.21. The minimum absolute atomic E-state index is 0.352. The minimum atomic E-state index is -0.766. The van der Waals surface area contributed by atoms with Crippen LogP contribution in [0.2, 0.25) is 10.0 Å². The first-order valence-electron chi connectivity index (χ1n) is 10.1. The summed E-state index contributed by atoms with van der Waals surface area (Å²) in [4.78, 5) is 25.1. The third-order valence-electron chi connectivity index (χ3n) is 4.68. The molecule has 3 aromatic carbocycles. The van der Waals surface area contributed by atoms with Gasteiger partial charge in [0.25, 0.3) is 5.91 Å². The second-order valence-corrected chi connectivity index (χ2v) is 9.02. The number of carbonyl (C=O) groups excluding carboxylic acids is 2. The van der Waals surface area contributed by atoms with Gasteiger partial charge < -0.3 is 9.47 Å². The number of thiophene rings is 1. The van der Waals surface area contributed by atoms with Gasteiger partial charge >= 0.3 is 5.97 Å². The summed E-state index contributed by atoms with van der Waals surface area (Å²) in [5, 5.41) is 5.67. The van der Waals surface area contributed by atoms with Gasteiger partial charge in [0, 0.05) is 15.1 Å². The Morgan fingerprint density at radius 2 is 1.76 bits per heavy atom. The fraction of sp³-hybridized carbons (Fsp3) is 0.0800. The monoisotopic (exact) mass is 512 g/mol. The number of esters is 1. The van der Waals surface area contributed by atoms with E-state index in [0.717, 1.165) is 10.1 Å². The standard InChI is InChI=1S/C25H18Cl2N2O4S/c1-15(32-19-6-4-5-17(26)13-19)24(30)29-28-14-16-9-11-18(12-10-16)33-25(31)23-22(27)20-7-2-3-8-21(20)34-23/h2-15H,1H3,(H,29,30)/b28-14+. The predicted molar refractivity (Wildman–Crippen MR) is 136 cm³/mol. The van der Waals surface area contributed by atoms with Gasteiger partial charge in [-0.25, -0.2) is 10.2 Å². The van der Waals surface area contributed by atoms with Gasteiger partial charge in [-0.3, -0.25) is 4.79 Å². The van der Waals surface area contributed by atoms with Crippen molar-refractivity contribution in [3.63, 3.8) is 0 Å². The molecule has 0 saturated carbocycles. The summed E-state index contributed by atoms with van der Waals surface area (Å²) in [7, 11) is 0. The average molecular weight is 513 g/mol. The zero-order valence-electron chi connectivity index (χ0n) is 17.8. The number of rotatable bonds is 7. The van der Waals surface area contributed by atoms with Gasteiger partial charge in [0.05, 0.1) is 11.2 Å². The highest BCUT2D eigenvalue weighted by Crippen LogP contribution is 2.35. The van der Waals surface area contributed by atoms with Crippen LogP contribution in [-0.2, 0) is 4.79 Å². The van der Waals surface area contributed by atoms with Crippen LogP contribution in [0, 0.1) is 0 Å². The summed E-state index contributed by atoms with van der Waals surface area (Å²) in [6.07, 6.45) is 0.705. The SMILES string of the molecule is CC(Oc1cccc(Cl)c1)C(=O)N/N=C/c1ccc(OC(=O)c2sc3ccccc3c2Cl)cc1. The van der Waals surface area contributed by atoms with E-state index in [1.165, 1.54) is 17.6 Å².